The highest BCUT2D eigenvalue weighted by Crippen LogP contribution is 2.46. The summed E-state index contributed by atoms with van der Waals surface area (Å²) >= 11 is 0. The fraction of sp³-hybridized carbons (Fsp3) is 0.250. The summed E-state index contributed by atoms with van der Waals surface area (Å²) in [6.45, 7) is 2.19. The van der Waals surface area contributed by atoms with Crippen LogP contribution in [-0.2, 0) is 12.8 Å². The van der Waals surface area contributed by atoms with Gasteiger partial charge in [0.25, 0.3) is 0 Å². The predicted molar refractivity (Wildman–Crippen MR) is 103 cm³/mol. The van der Waals surface area contributed by atoms with E-state index in [1.54, 1.807) is 0 Å². The van der Waals surface area contributed by atoms with Crippen molar-refractivity contribution in [3.8, 4) is 5.75 Å². The Kier molecular flexibility index (Phi) is 4.31. The van der Waals surface area contributed by atoms with E-state index < -0.39 is 0 Å². The third kappa shape index (κ3) is 3.07. The summed E-state index contributed by atoms with van der Waals surface area (Å²) in [4.78, 5) is 0. The van der Waals surface area contributed by atoms with Gasteiger partial charge in [0.15, 0.2) is 0 Å². The highest BCUT2D eigenvalue weighted by molar-refractivity contribution is 5.47. The summed E-state index contributed by atoms with van der Waals surface area (Å²) in [5.41, 5.74) is 6.81. The second-order valence-electron chi connectivity index (χ2n) is 7.01. The molecule has 1 heteroatoms. The van der Waals surface area contributed by atoms with Gasteiger partial charge in [0.05, 0.1) is 0 Å². The molecule has 0 aromatic heterocycles. The molecule has 1 unspecified atom stereocenters. The van der Waals surface area contributed by atoms with E-state index in [2.05, 4.69) is 67.6 Å². The van der Waals surface area contributed by atoms with Crippen molar-refractivity contribution in [3.63, 3.8) is 0 Å². The molecule has 2 atom stereocenters. The van der Waals surface area contributed by atoms with Gasteiger partial charge in [0.2, 0.25) is 0 Å². The van der Waals surface area contributed by atoms with Crippen LogP contribution in [0.15, 0.2) is 72.8 Å². The van der Waals surface area contributed by atoms with E-state index in [-0.39, 0.29) is 0 Å². The van der Waals surface area contributed by atoms with Crippen LogP contribution in [0.25, 0.3) is 0 Å². The van der Waals surface area contributed by atoms with Gasteiger partial charge in [0, 0.05) is 5.92 Å². The molecule has 126 valence electrons. The Balaban J connectivity index is 1.83. The first-order chi connectivity index (χ1) is 12.3. The van der Waals surface area contributed by atoms with Crippen LogP contribution in [0.2, 0.25) is 0 Å². The molecule has 1 aliphatic rings. The molecular formula is C24H24O. The summed E-state index contributed by atoms with van der Waals surface area (Å²) in [6.07, 6.45) is 3.20. The third-order valence-corrected chi connectivity index (χ3v) is 5.56. The highest BCUT2D eigenvalue weighted by atomic mass is 16.3. The molecule has 1 N–H and O–H groups in total. The number of fused-ring (bicyclic) bond motifs is 1. The first kappa shape index (κ1) is 16.0. The van der Waals surface area contributed by atoms with Gasteiger partial charge in [-0.15, -0.1) is 0 Å². The van der Waals surface area contributed by atoms with E-state index in [4.69, 9.17) is 0 Å². The number of benzene rings is 3. The number of rotatable bonds is 3. The maximum atomic E-state index is 9.90. The largest absolute Gasteiger partial charge is 0.508 e. The average molecular weight is 328 g/mol. The minimum atomic E-state index is 0.345. The summed E-state index contributed by atoms with van der Waals surface area (Å²) in [7, 11) is 0. The van der Waals surface area contributed by atoms with Gasteiger partial charge < -0.3 is 5.11 Å². The average Bonchev–Trinajstić information content (AvgIpc) is 2.68. The van der Waals surface area contributed by atoms with Crippen LogP contribution < -0.4 is 0 Å². The summed E-state index contributed by atoms with van der Waals surface area (Å²) in [5.74, 6) is 1.19. The van der Waals surface area contributed by atoms with Gasteiger partial charge in [-0.3, -0.25) is 0 Å². The van der Waals surface area contributed by atoms with Crippen molar-refractivity contribution >= 4 is 0 Å². The molecule has 1 aliphatic carbocycles. The van der Waals surface area contributed by atoms with Crippen molar-refractivity contribution in [3.05, 3.63) is 101 Å². The van der Waals surface area contributed by atoms with Gasteiger partial charge >= 0.3 is 0 Å². The molecule has 0 spiro atoms. The number of hydrogen-bond acceptors (Lipinski definition) is 1. The van der Waals surface area contributed by atoms with E-state index >= 15 is 0 Å². The maximum absolute atomic E-state index is 9.90. The van der Waals surface area contributed by atoms with Crippen LogP contribution in [0.5, 0.6) is 5.75 Å². The molecule has 0 aliphatic heterocycles. The SMILES string of the molecule is CCc1ccc([C@@H]2c3ccc(O)cc3CCC2c2ccccc2)cc1. The second kappa shape index (κ2) is 6.76. The Morgan fingerprint density at radius 2 is 1.64 bits per heavy atom. The van der Waals surface area contributed by atoms with Crippen molar-refractivity contribution < 1.29 is 5.11 Å². The molecule has 0 saturated heterocycles. The number of aryl methyl sites for hydroxylation is 2. The fourth-order valence-electron chi connectivity index (χ4n) is 4.24. The van der Waals surface area contributed by atoms with Gasteiger partial charge in [-0.2, -0.15) is 0 Å². The molecule has 4 rings (SSSR count). The summed E-state index contributed by atoms with van der Waals surface area (Å²) in [6, 6.07) is 25.9. The molecule has 0 radical (unpaired) electrons. The minimum absolute atomic E-state index is 0.345. The number of aromatic hydroxyl groups is 1. The van der Waals surface area contributed by atoms with Crippen LogP contribution in [0.3, 0.4) is 0 Å². The molecule has 0 fully saturated rings. The van der Waals surface area contributed by atoms with Crippen LogP contribution >= 0.6 is 0 Å². The second-order valence-corrected chi connectivity index (χ2v) is 7.01. The molecule has 0 amide bonds. The lowest BCUT2D eigenvalue weighted by atomic mass is 9.69. The lowest BCUT2D eigenvalue weighted by Gasteiger charge is -2.35. The van der Waals surface area contributed by atoms with E-state index in [1.807, 2.05) is 12.1 Å². The van der Waals surface area contributed by atoms with Crippen LogP contribution in [0.1, 0.15) is 53.0 Å². The van der Waals surface area contributed by atoms with Crippen molar-refractivity contribution in [2.24, 2.45) is 0 Å². The number of phenols is 1. The molecule has 1 nitrogen and oxygen atoms in total. The van der Waals surface area contributed by atoms with Gasteiger partial charge in [0.1, 0.15) is 5.75 Å². The topological polar surface area (TPSA) is 20.2 Å². The quantitative estimate of drug-likeness (QED) is 0.642. The van der Waals surface area contributed by atoms with Crippen molar-refractivity contribution in [1.82, 2.24) is 0 Å². The van der Waals surface area contributed by atoms with Gasteiger partial charge in [-0.1, -0.05) is 67.6 Å². The first-order valence-corrected chi connectivity index (χ1v) is 9.22. The Bertz CT molecular complexity index is 849. The minimum Gasteiger partial charge on any atom is -0.508 e. The standard InChI is InChI=1S/C24H24O/c1-2-17-8-10-19(11-9-17)24-22(18-6-4-3-5-7-18)14-12-20-16-21(25)13-15-23(20)24/h3-11,13,15-16,22,24-25H,2,12,14H2,1H3/t22?,24-/m0/s1. The molecule has 0 saturated carbocycles. The van der Waals surface area contributed by atoms with Gasteiger partial charge in [-0.25, -0.2) is 0 Å². The fourth-order valence-corrected chi connectivity index (χ4v) is 4.24. The zero-order valence-electron chi connectivity index (χ0n) is 14.7. The molecule has 0 bridgehead atoms. The van der Waals surface area contributed by atoms with E-state index in [0.717, 1.165) is 19.3 Å². The maximum Gasteiger partial charge on any atom is 0.115 e. The molecular weight excluding hydrogens is 304 g/mol. The highest BCUT2D eigenvalue weighted by Gasteiger charge is 2.31. The van der Waals surface area contributed by atoms with Crippen LogP contribution in [-0.4, -0.2) is 5.11 Å². The molecule has 3 aromatic carbocycles. The number of hydrogen-bond donors (Lipinski definition) is 1. The molecule has 3 aromatic rings. The summed E-state index contributed by atoms with van der Waals surface area (Å²) in [5, 5.41) is 9.90. The molecule has 25 heavy (non-hydrogen) atoms. The monoisotopic (exact) mass is 328 g/mol. The Morgan fingerprint density at radius 1 is 0.880 bits per heavy atom. The lowest BCUT2D eigenvalue weighted by Crippen LogP contribution is -2.20. The van der Waals surface area contributed by atoms with E-state index in [9.17, 15) is 5.11 Å². The summed E-state index contributed by atoms with van der Waals surface area (Å²) < 4.78 is 0. The Morgan fingerprint density at radius 3 is 2.36 bits per heavy atom. The molecule has 0 heterocycles. The number of phenolic OH excluding ortho intramolecular Hbond substituents is 1. The van der Waals surface area contributed by atoms with Crippen molar-refractivity contribution in [1.29, 1.82) is 0 Å². The predicted octanol–water partition coefficient (Wildman–Crippen LogP) is 5.82. The van der Waals surface area contributed by atoms with E-state index in [1.165, 1.54) is 27.8 Å². The van der Waals surface area contributed by atoms with Crippen LogP contribution in [0.4, 0.5) is 0 Å². The smallest absolute Gasteiger partial charge is 0.115 e. The Labute approximate surface area is 150 Å². The normalized spacial score (nSPS) is 19.4. The first-order valence-electron chi connectivity index (χ1n) is 9.22. The van der Waals surface area contributed by atoms with E-state index in [0.29, 0.717) is 17.6 Å². The zero-order valence-corrected chi connectivity index (χ0v) is 14.7. The Hall–Kier alpha value is -2.54. The zero-order chi connectivity index (χ0) is 17.2. The van der Waals surface area contributed by atoms with Crippen LogP contribution in [0, 0.1) is 0 Å². The van der Waals surface area contributed by atoms with Crippen molar-refractivity contribution in [2.45, 2.75) is 38.0 Å². The lowest BCUT2D eigenvalue weighted by molar-refractivity contribution is 0.469. The third-order valence-electron chi connectivity index (χ3n) is 5.56. The van der Waals surface area contributed by atoms with Gasteiger partial charge in [-0.05, 0) is 65.1 Å². The van der Waals surface area contributed by atoms with Crippen molar-refractivity contribution in [2.75, 3.05) is 0 Å².